The highest BCUT2D eigenvalue weighted by Crippen LogP contribution is 2.33. The zero-order valence-corrected chi connectivity index (χ0v) is 18.0. The van der Waals surface area contributed by atoms with E-state index in [1.807, 2.05) is 27.0 Å². The quantitative estimate of drug-likeness (QED) is 0.607. The number of carbonyl (C=O) groups excluding carboxylic acids is 1. The third-order valence-corrected chi connectivity index (χ3v) is 5.09. The molecule has 2 heterocycles. The van der Waals surface area contributed by atoms with E-state index in [9.17, 15) is 4.79 Å². The van der Waals surface area contributed by atoms with Crippen molar-refractivity contribution in [2.45, 2.75) is 33.9 Å². The lowest BCUT2D eigenvalue weighted by molar-refractivity contribution is 0.0995. The van der Waals surface area contributed by atoms with E-state index in [0.717, 1.165) is 11.1 Å². The van der Waals surface area contributed by atoms with Crippen LogP contribution in [0.5, 0.6) is 5.75 Å². The minimum atomic E-state index is -0.139. The smallest absolute Gasteiger partial charge is 0.260 e. The molecule has 1 amide bonds. The summed E-state index contributed by atoms with van der Waals surface area (Å²) in [7, 11) is 3.45. The number of allylic oxidation sites excluding steroid dienone is 2. The molecule has 0 spiro atoms. The molecule has 1 aromatic carbocycles. The normalized spacial score (nSPS) is 14.1. The molecule has 1 aliphatic rings. The SMILES string of the molecule is CNCc1cc(OC)cc2c1CN(c1ccnc(/C(C(=N)C(C)C)=C(\C)N)n1)C2=O. The number of anilines is 1. The molecule has 2 aromatic rings. The molecule has 0 saturated heterocycles. The van der Waals surface area contributed by atoms with Gasteiger partial charge in [0.25, 0.3) is 5.91 Å². The highest BCUT2D eigenvalue weighted by molar-refractivity contribution is 6.23. The maximum absolute atomic E-state index is 13.2. The molecular formula is C22H28N6O2. The van der Waals surface area contributed by atoms with Gasteiger partial charge in [-0.2, -0.15) is 0 Å². The van der Waals surface area contributed by atoms with Crippen LogP contribution in [0.4, 0.5) is 5.82 Å². The monoisotopic (exact) mass is 408 g/mol. The van der Waals surface area contributed by atoms with Gasteiger partial charge in [0.1, 0.15) is 11.6 Å². The van der Waals surface area contributed by atoms with E-state index in [-0.39, 0.29) is 11.8 Å². The topological polar surface area (TPSA) is 117 Å². The number of nitrogens with two attached hydrogens (primary N) is 1. The minimum absolute atomic E-state index is 0.0278. The van der Waals surface area contributed by atoms with Crippen LogP contribution >= 0.6 is 0 Å². The predicted octanol–water partition coefficient (Wildman–Crippen LogP) is 2.73. The number of nitrogens with zero attached hydrogens (tertiary/aromatic N) is 3. The van der Waals surface area contributed by atoms with Gasteiger partial charge in [0.2, 0.25) is 0 Å². The average Bonchev–Trinajstić information content (AvgIpc) is 3.05. The van der Waals surface area contributed by atoms with Gasteiger partial charge in [-0.1, -0.05) is 13.8 Å². The van der Waals surface area contributed by atoms with Crippen LogP contribution in [0.1, 0.15) is 48.1 Å². The lowest BCUT2D eigenvalue weighted by Crippen LogP contribution is -2.25. The van der Waals surface area contributed by atoms with Crippen LogP contribution in [0, 0.1) is 11.3 Å². The third kappa shape index (κ3) is 3.91. The van der Waals surface area contributed by atoms with Crippen LogP contribution in [0.3, 0.4) is 0 Å². The number of aromatic nitrogens is 2. The van der Waals surface area contributed by atoms with Crippen LogP contribution < -0.4 is 20.7 Å². The van der Waals surface area contributed by atoms with E-state index in [2.05, 4.69) is 15.3 Å². The molecular weight excluding hydrogens is 380 g/mol. The fraction of sp³-hybridized carbons (Fsp3) is 0.364. The molecule has 8 nitrogen and oxygen atoms in total. The molecule has 1 aliphatic heterocycles. The Labute approximate surface area is 176 Å². The molecule has 0 aliphatic carbocycles. The molecule has 3 rings (SSSR count). The van der Waals surface area contributed by atoms with E-state index in [1.165, 1.54) is 0 Å². The van der Waals surface area contributed by atoms with Crippen molar-refractivity contribution in [3.05, 3.63) is 52.6 Å². The van der Waals surface area contributed by atoms with Gasteiger partial charge in [-0.25, -0.2) is 9.97 Å². The first-order valence-electron chi connectivity index (χ1n) is 9.83. The first-order valence-corrected chi connectivity index (χ1v) is 9.83. The number of ether oxygens (including phenoxy) is 1. The highest BCUT2D eigenvalue weighted by atomic mass is 16.5. The molecule has 158 valence electrons. The molecule has 1 aromatic heterocycles. The number of hydrogen-bond acceptors (Lipinski definition) is 7. The van der Waals surface area contributed by atoms with Crippen molar-refractivity contribution >= 4 is 23.0 Å². The van der Waals surface area contributed by atoms with E-state index >= 15 is 0 Å². The number of carbonyl (C=O) groups is 1. The van der Waals surface area contributed by atoms with Crippen molar-refractivity contribution in [3.8, 4) is 5.75 Å². The lowest BCUT2D eigenvalue weighted by Gasteiger charge is -2.17. The zero-order chi connectivity index (χ0) is 22.0. The first kappa shape index (κ1) is 21.4. The molecule has 0 unspecified atom stereocenters. The highest BCUT2D eigenvalue weighted by Gasteiger charge is 2.32. The Morgan fingerprint density at radius 2 is 2.13 bits per heavy atom. The van der Waals surface area contributed by atoms with Gasteiger partial charge in [-0.15, -0.1) is 0 Å². The summed E-state index contributed by atoms with van der Waals surface area (Å²) in [4.78, 5) is 23.7. The van der Waals surface area contributed by atoms with Crippen LogP contribution in [-0.4, -0.2) is 35.7 Å². The maximum Gasteiger partial charge on any atom is 0.260 e. The van der Waals surface area contributed by atoms with Crippen molar-refractivity contribution in [1.82, 2.24) is 15.3 Å². The van der Waals surface area contributed by atoms with Crippen molar-refractivity contribution < 1.29 is 9.53 Å². The number of fused-ring (bicyclic) bond motifs is 1. The molecule has 8 heteroatoms. The Morgan fingerprint density at radius 3 is 2.73 bits per heavy atom. The summed E-state index contributed by atoms with van der Waals surface area (Å²) in [5, 5.41) is 11.5. The number of rotatable bonds is 7. The molecule has 30 heavy (non-hydrogen) atoms. The van der Waals surface area contributed by atoms with Crippen molar-refractivity contribution in [2.24, 2.45) is 11.7 Å². The third-order valence-electron chi connectivity index (χ3n) is 5.09. The van der Waals surface area contributed by atoms with Gasteiger partial charge in [0.15, 0.2) is 5.82 Å². The summed E-state index contributed by atoms with van der Waals surface area (Å²) in [6.07, 6.45) is 1.60. The van der Waals surface area contributed by atoms with Gasteiger partial charge >= 0.3 is 0 Å². The molecule has 4 N–H and O–H groups in total. The van der Waals surface area contributed by atoms with E-state index < -0.39 is 0 Å². The minimum Gasteiger partial charge on any atom is -0.497 e. The summed E-state index contributed by atoms with van der Waals surface area (Å²) < 4.78 is 5.37. The van der Waals surface area contributed by atoms with Crippen molar-refractivity contribution in [1.29, 1.82) is 5.41 Å². The van der Waals surface area contributed by atoms with Crippen LogP contribution in [0.2, 0.25) is 0 Å². The number of nitrogens with one attached hydrogen (secondary N) is 2. The summed E-state index contributed by atoms with van der Waals surface area (Å²) in [5.41, 5.74) is 9.97. The number of hydrogen-bond donors (Lipinski definition) is 3. The molecule has 0 bridgehead atoms. The Bertz CT molecular complexity index is 1020. The summed E-state index contributed by atoms with van der Waals surface area (Å²) in [5.74, 6) is 1.31. The standard InChI is InChI=1S/C22H28N6O2/c1-12(2)20(24)19(13(3)23)21-26-7-6-18(27-21)28-11-17-14(10-25-4)8-15(30-5)9-16(17)22(28)29/h6-9,12,24-25H,10-11,23H2,1-5H3/b19-13+,24-20?. The number of methoxy groups -OCH3 is 1. The van der Waals surface area contributed by atoms with Gasteiger partial charge in [0, 0.05) is 29.7 Å². The van der Waals surface area contributed by atoms with Crippen LogP contribution in [-0.2, 0) is 13.1 Å². The van der Waals surface area contributed by atoms with Crippen LogP contribution in [0.15, 0.2) is 30.1 Å². The van der Waals surface area contributed by atoms with E-state index in [4.69, 9.17) is 15.9 Å². The summed E-state index contributed by atoms with van der Waals surface area (Å²) in [6, 6.07) is 5.41. The second-order valence-electron chi connectivity index (χ2n) is 7.60. The zero-order valence-electron chi connectivity index (χ0n) is 18.0. The van der Waals surface area contributed by atoms with Gasteiger partial charge in [-0.05, 0) is 49.2 Å². The Morgan fingerprint density at radius 1 is 1.40 bits per heavy atom. The van der Waals surface area contributed by atoms with Crippen molar-refractivity contribution in [3.63, 3.8) is 0 Å². The molecule has 0 fully saturated rings. The van der Waals surface area contributed by atoms with E-state index in [0.29, 0.717) is 53.0 Å². The van der Waals surface area contributed by atoms with Gasteiger partial charge < -0.3 is 21.2 Å². The lowest BCUT2D eigenvalue weighted by atomic mass is 9.98. The Hall–Kier alpha value is -3.26. The Balaban J connectivity index is 2.03. The van der Waals surface area contributed by atoms with E-state index in [1.54, 1.807) is 37.3 Å². The maximum atomic E-state index is 13.2. The molecule has 0 radical (unpaired) electrons. The first-order chi connectivity index (χ1) is 14.3. The van der Waals surface area contributed by atoms with Gasteiger partial charge in [-0.3, -0.25) is 9.69 Å². The van der Waals surface area contributed by atoms with Crippen LogP contribution in [0.25, 0.3) is 5.57 Å². The molecule has 0 saturated carbocycles. The molecule has 0 atom stereocenters. The largest absolute Gasteiger partial charge is 0.497 e. The second kappa shape index (κ2) is 8.62. The second-order valence-corrected chi connectivity index (χ2v) is 7.60. The fourth-order valence-electron chi connectivity index (χ4n) is 3.52. The summed E-state index contributed by atoms with van der Waals surface area (Å²) >= 11 is 0. The predicted molar refractivity (Wildman–Crippen MR) is 118 cm³/mol. The van der Waals surface area contributed by atoms with Crippen molar-refractivity contribution in [2.75, 3.05) is 19.1 Å². The fourth-order valence-corrected chi connectivity index (χ4v) is 3.52. The van der Waals surface area contributed by atoms with Gasteiger partial charge in [0.05, 0.1) is 19.2 Å². The number of benzene rings is 1. The Kier molecular flexibility index (Phi) is 6.17. The number of amides is 1. The summed E-state index contributed by atoms with van der Waals surface area (Å²) in [6.45, 7) is 6.61. The average molecular weight is 409 g/mol.